The summed E-state index contributed by atoms with van der Waals surface area (Å²) in [5.74, 6) is -3.40. The van der Waals surface area contributed by atoms with Crippen molar-refractivity contribution >= 4 is 35.0 Å². The molecular weight excluding hydrogens is 745 g/mol. The van der Waals surface area contributed by atoms with Gasteiger partial charge in [0.05, 0.1) is 35.6 Å². The van der Waals surface area contributed by atoms with Crippen molar-refractivity contribution in [1.29, 1.82) is 0 Å². The molecule has 58 heavy (non-hydrogen) atoms. The van der Waals surface area contributed by atoms with Crippen LogP contribution in [0, 0.1) is 27.7 Å². The molecule has 0 bridgehead atoms. The van der Waals surface area contributed by atoms with E-state index in [2.05, 4.69) is 62.4 Å². The number of aliphatic carboxylic acids is 2. The number of aliphatic hydroxyl groups is 3. The molecule has 0 aliphatic heterocycles. The van der Waals surface area contributed by atoms with Gasteiger partial charge in [0.25, 0.3) is 0 Å². The number of pyridine rings is 2. The zero-order chi connectivity index (χ0) is 43.4. The molecule has 6 rings (SSSR count). The zero-order valence-electron chi connectivity index (χ0n) is 34.2. The second-order valence-corrected chi connectivity index (χ2v) is 13.9. The molecule has 15 heteroatoms. The number of amides is 2. The number of carbonyl (C=O) groups is 4. The van der Waals surface area contributed by atoms with Crippen LogP contribution in [0.5, 0.6) is 0 Å². The van der Waals surface area contributed by atoms with Gasteiger partial charge in [-0.25, -0.2) is 19.6 Å². The molecule has 2 aromatic carbocycles. The molecule has 2 atom stereocenters. The molecule has 6 aromatic rings. The first kappa shape index (κ1) is 46.0. The first-order chi connectivity index (χ1) is 27.4. The van der Waals surface area contributed by atoms with Gasteiger partial charge in [0.1, 0.15) is 11.3 Å². The fourth-order valence-electron chi connectivity index (χ4n) is 5.49. The van der Waals surface area contributed by atoms with E-state index in [0.717, 1.165) is 63.4 Å². The predicted octanol–water partition coefficient (Wildman–Crippen LogP) is 3.98. The summed E-state index contributed by atoms with van der Waals surface area (Å²) < 4.78 is 4.07. The lowest BCUT2D eigenvalue weighted by Crippen LogP contribution is -2.39. The number of imidazole rings is 2. The number of carbonyl (C=O) groups excluding carboxylic acids is 2. The van der Waals surface area contributed by atoms with Gasteiger partial charge in [0.15, 0.2) is 12.2 Å². The second-order valence-electron chi connectivity index (χ2n) is 13.9. The molecule has 0 spiro atoms. The summed E-state index contributed by atoms with van der Waals surface area (Å²) >= 11 is 0. The molecule has 4 aromatic heterocycles. The fourth-order valence-corrected chi connectivity index (χ4v) is 5.49. The number of carboxylic acids is 2. The molecular formula is C43H52N6O9. The van der Waals surface area contributed by atoms with Gasteiger partial charge in [0, 0.05) is 58.8 Å². The van der Waals surface area contributed by atoms with Gasteiger partial charge in [-0.1, -0.05) is 71.8 Å². The largest absolute Gasteiger partial charge is 0.479 e. The lowest BCUT2D eigenvalue weighted by molar-refractivity contribution is -0.165. The summed E-state index contributed by atoms with van der Waals surface area (Å²) in [4.78, 5) is 56.8. The van der Waals surface area contributed by atoms with Gasteiger partial charge >= 0.3 is 11.9 Å². The molecule has 15 nitrogen and oxygen atoms in total. The monoisotopic (exact) mass is 796 g/mol. The van der Waals surface area contributed by atoms with Crippen molar-refractivity contribution in [3.05, 3.63) is 119 Å². The van der Waals surface area contributed by atoms with Crippen LogP contribution in [0.2, 0.25) is 0 Å². The maximum absolute atomic E-state index is 12.3. The van der Waals surface area contributed by atoms with E-state index in [9.17, 15) is 19.2 Å². The van der Waals surface area contributed by atoms with Crippen LogP contribution in [0.25, 0.3) is 33.8 Å². The van der Waals surface area contributed by atoms with Crippen LogP contribution in [0.4, 0.5) is 0 Å². The number of likely N-dealkylation sites (N-methyl/N-ethyl adjacent to an activating group) is 2. The van der Waals surface area contributed by atoms with Crippen LogP contribution >= 0.6 is 0 Å². The lowest BCUT2D eigenvalue weighted by atomic mass is 10.1. The third kappa shape index (κ3) is 11.8. The average molecular weight is 797 g/mol. The minimum atomic E-state index is -2.27. The molecule has 0 fully saturated rings. The normalized spacial score (nSPS) is 11.5. The van der Waals surface area contributed by atoms with Crippen molar-refractivity contribution in [3.8, 4) is 22.5 Å². The summed E-state index contributed by atoms with van der Waals surface area (Å²) in [6.45, 7) is 8.21. The first-order valence-corrected chi connectivity index (χ1v) is 18.1. The number of rotatable bonds is 9. The van der Waals surface area contributed by atoms with Crippen molar-refractivity contribution < 1.29 is 44.7 Å². The van der Waals surface area contributed by atoms with Crippen LogP contribution in [0.1, 0.15) is 33.6 Å². The summed E-state index contributed by atoms with van der Waals surface area (Å²) in [5.41, 5.74) is 12.2. The van der Waals surface area contributed by atoms with E-state index in [1.807, 2.05) is 59.3 Å². The number of nitrogens with zero attached hydrogens (tertiary/aromatic N) is 6. The minimum absolute atomic E-state index is 0.0710. The molecule has 0 radical (unpaired) electrons. The standard InChI is InChI=1S/2C19H21N3O.C4H6O6.CH4O/c2*1-13-5-8-15(9-6-13)19-16(11-18(23)21(3)4)22-12-14(2)7-10-17(22)20-19;5-1(3(7)8)2(6)4(9)10;1-2/h2*5-10,12H,11H2,1-4H3;1-2,5-6H,(H,7,8)(H,9,10);2H,1H3. The van der Waals surface area contributed by atoms with Crippen LogP contribution in [-0.4, -0.2) is 125 Å². The number of aromatic nitrogens is 4. The van der Waals surface area contributed by atoms with E-state index in [1.165, 1.54) is 11.1 Å². The third-order valence-electron chi connectivity index (χ3n) is 8.82. The molecule has 2 unspecified atom stereocenters. The number of aliphatic hydroxyl groups excluding tert-OH is 3. The number of aryl methyl sites for hydroxylation is 4. The first-order valence-electron chi connectivity index (χ1n) is 18.1. The van der Waals surface area contributed by atoms with E-state index >= 15 is 0 Å². The highest BCUT2D eigenvalue weighted by Gasteiger charge is 2.29. The van der Waals surface area contributed by atoms with Crippen molar-refractivity contribution in [1.82, 2.24) is 28.6 Å². The Bertz CT molecular complexity index is 2180. The van der Waals surface area contributed by atoms with Crippen LogP contribution < -0.4 is 0 Å². The Morgan fingerprint density at radius 3 is 1.10 bits per heavy atom. The Kier molecular flexibility index (Phi) is 16.4. The van der Waals surface area contributed by atoms with E-state index in [4.69, 9.17) is 35.5 Å². The van der Waals surface area contributed by atoms with E-state index < -0.39 is 24.1 Å². The van der Waals surface area contributed by atoms with E-state index in [1.54, 1.807) is 38.0 Å². The Hall–Kier alpha value is -6.42. The molecule has 0 saturated heterocycles. The van der Waals surface area contributed by atoms with Gasteiger partial charge in [-0.2, -0.15) is 0 Å². The summed E-state index contributed by atoms with van der Waals surface area (Å²) in [5, 5.41) is 39.5. The highest BCUT2D eigenvalue weighted by atomic mass is 16.4. The molecule has 308 valence electrons. The van der Waals surface area contributed by atoms with Gasteiger partial charge in [-0.3, -0.25) is 9.59 Å². The van der Waals surface area contributed by atoms with Gasteiger partial charge in [-0.05, 0) is 51.0 Å². The summed E-state index contributed by atoms with van der Waals surface area (Å²) in [6, 6.07) is 24.6. The minimum Gasteiger partial charge on any atom is -0.479 e. The lowest BCUT2D eigenvalue weighted by Gasteiger charge is -2.11. The molecule has 2 amide bonds. The maximum atomic E-state index is 12.3. The Morgan fingerprint density at radius 1 is 0.534 bits per heavy atom. The topological polar surface area (TPSA) is 211 Å². The predicted molar refractivity (Wildman–Crippen MR) is 220 cm³/mol. The maximum Gasteiger partial charge on any atom is 0.335 e. The van der Waals surface area contributed by atoms with Crippen LogP contribution in [0.3, 0.4) is 0 Å². The van der Waals surface area contributed by atoms with Gasteiger partial charge in [0.2, 0.25) is 11.8 Å². The molecule has 5 N–H and O–H groups in total. The number of hydrogen-bond donors (Lipinski definition) is 5. The molecule has 0 aliphatic carbocycles. The quantitative estimate of drug-likeness (QED) is 0.141. The third-order valence-corrected chi connectivity index (χ3v) is 8.82. The zero-order valence-corrected chi connectivity index (χ0v) is 34.2. The smallest absolute Gasteiger partial charge is 0.335 e. The Balaban J connectivity index is 0.000000245. The average Bonchev–Trinajstić information content (AvgIpc) is 3.72. The summed E-state index contributed by atoms with van der Waals surface area (Å²) in [6.07, 6.45) is 0.216. The van der Waals surface area contributed by atoms with Gasteiger partial charge in [-0.15, -0.1) is 0 Å². The van der Waals surface area contributed by atoms with Gasteiger partial charge < -0.3 is 44.1 Å². The van der Waals surface area contributed by atoms with Crippen molar-refractivity contribution in [2.24, 2.45) is 0 Å². The number of carboxylic acid groups (broad SMARTS) is 2. The highest BCUT2D eigenvalue weighted by molar-refractivity contribution is 5.83. The van der Waals surface area contributed by atoms with Crippen molar-refractivity contribution in [2.75, 3.05) is 35.3 Å². The number of fused-ring (bicyclic) bond motifs is 2. The Labute approximate surface area is 337 Å². The number of benzene rings is 2. The van der Waals surface area contributed by atoms with Crippen molar-refractivity contribution in [3.63, 3.8) is 0 Å². The van der Waals surface area contributed by atoms with Crippen molar-refractivity contribution in [2.45, 2.75) is 52.7 Å². The molecule has 0 saturated carbocycles. The Morgan fingerprint density at radius 2 is 0.828 bits per heavy atom. The SMILES string of the molecule is CO.Cc1ccc(-c2nc3ccc(C)cn3c2CC(=O)N(C)C)cc1.Cc1ccc(-c2nc3ccc(C)cn3c2CC(=O)N(C)C)cc1.O=C(O)C(O)C(O)C(=O)O. The number of hydrogen-bond acceptors (Lipinski definition) is 9. The van der Waals surface area contributed by atoms with Crippen LogP contribution in [-0.2, 0) is 32.0 Å². The molecule has 0 aliphatic rings. The highest BCUT2D eigenvalue weighted by Crippen LogP contribution is 2.27. The molecule has 4 heterocycles. The fraction of sp³-hybridized carbons (Fsp3) is 0.302. The van der Waals surface area contributed by atoms with E-state index in [-0.39, 0.29) is 11.8 Å². The summed E-state index contributed by atoms with van der Waals surface area (Å²) in [7, 11) is 8.12. The van der Waals surface area contributed by atoms with Crippen LogP contribution in [0.15, 0.2) is 85.2 Å². The van der Waals surface area contributed by atoms with E-state index in [0.29, 0.717) is 12.8 Å². The second kappa shape index (κ2) is 20.7.